The zero-order valence-corrected chi connectivity index (χ0v) is 9.47. The van der Waals surface area contributed by atoms with E-state index in [0.29, 0.717) is 0 Å². The highest BCUT2D eigenvalue weighted by atomic mass is 15.1. The van der Waals surface area contributed by atoms with E-state index >= 15 is 0 Å². The summed E-state index contributed by atoms with van der Waals surface area (Å²) in [5.74, 6) is 1.86. The van der Waals surface area contributed by atoms with Crippen LogP contribution in [0.25, 0.3) is 0 Å². The number of rotatable bonds is 2. The van der Waals surface area contributed by atoms with Gasteiger partial charge in [-0.15, -0.1) is 0 Å². The first-order chi connectivity index (χ1) is 6.84. The van der Waals surface area contributed by atoms with E-state index in [1.165, 1.54) is 58.4 Å². The van der Waals surface area contributed by atoms with Gasteiger partial charge in [0.2, 0.25) is 0 Å². The largest absolute Gasteiger partial charge is 0.316 e. The van der Waals surface area contributed by atoms with E-state index in [2.05, 4.69) is 17.1 Å². The molecule has 0 bridgehead atoms. The van der Waals surface area contributed by atoms with Crippen molar-refractivity contribution in [1.29, 1.82) is 0 Å². The third-order valence-corrected chi connectivity index (χ3v) is 3.66. The highest BCUT2D eigenvalue weighted by Crippen LogP contribution is 2.18. The van der Waals surface area contributed by atoms with E-state index in [1.807, 2.05) is 0 Å². The molecule has 0 saturated carbocycles. The zero-order valence-electron chi connectivity index (χ0n) is 9.47. The minimum absolute atomic E-state index is 0.925. The Kier molecular flexibility index (Phi) is 3.82. The van der Waals surface area contributed by atoms with Crippen LogP contribution in [0.2, 0.25) is 0 Å². The Labute approximate surface area is 88.1 Å². The minimum Gasteiger partial charge on any atom is -0.316 e. The van der Waals surface area contributed by atoms with Gasteiger partial charge in [-0.25, -0.2) is 0 Å². The van der Waals surface area contributed by atoms with Gasteiger partial charge in [-0.2, -0.15) is 0 Å². The van der Waals surface area contributed by atoms with Crippen LogP contribution in [0.15, 0.2) is 0 Å². The molecule has 2 fully saturated rings. The van der Waals surface area contributed by atoms with Crippen molar-refractivity contribution in [2.45, 2.75) is 32.6 Å². The van der Waals surface area contributed by atoms with Crippen LogP contribution in [-0.4, -0.2) is 37.6 Å². The Balaban J connectivity index is 1.72. The van der Waals surface area contributed by atoms with Gasteiger partial charge in [-0.1, -0.05) is 6.92 Å². The Morgan fingerprint density at radius 2 is 2.21 bits per heavy atom. The summed E-state index contributed by atoms with van der Waals surface area (Å²) in [5, 5.41) is 3.51. The SMILES string of the molecule is C[C@H]1CCCN(C[C@@H]2CCCNC2)C1. The lowest BCUT2D eigenvalue weighted by Gasteiger charge is -2.35. The molecule has 2 aliphatic rings. The average molecular weight is 196 g/mol. The van der Waals surface area contributed by atoms with Gasteiger partial charge in [0.25, 0.3) is 0 Å². The van der Waals surface area contributed by atoms with Gasteiger partial charge in [0.15, 0.2) is 0 Å². The summed E-state index contributed by atoms with van der Waals surface area (Å²) in [6, 6.07) is 0. The van der Waals surface area contributed by atoms with Crippen molar-refractivity contribution in [1.82, 2.24) is 10.2 Å². The Hall–Kier alpha value is -0.0800. The molecule has 0 amide bonds. The second-order valence-electron chi connectivity index (χ2n) is 5.22. The quantitative estimate of drug-likeness (QED) is 0.723. The van der Waals surface area contributed by atoms with E-state index in [0.717, 1.165) is 11.8 Å². The molecule has 0 aliphatic carbocycles. The highest BCUT2D eigenvalue weighted by molar-refractivity contribution is 4.76. The molecule has 2 saturated heterocycles. The lowest BCUT2D eigenvalue weighted by Crippen LogP contribution is -2.42. The molecule has 0 aromatic heterocycles. The summed E-state index contributed by atoms with van der Waals surface area (Å²) >= 11 is 0. The average Bonchev–Trinajstić information content (AvgIpc) is 2.19. The fourth-order valence-electron chi connectivity index (χ4n) is 2.90. The molecule has 2 aliphatic heterocycles. The van der Waals surface area contributed by atoms with Gasteiger partial charge in [-0.05, 0) is 57.2 Å². The van der Waals surface area contributed by atoms with Crippen LogP contribution in [0.3, 0.4) is 0 Å². The van der Waals surface area contributed by atoms with E-state index in [-0.39, 0.29) is 0 Å². The standard InChI is InChI=1S/C12H24N2/c1-11-4-3-7-14(9-11)10-12-5-2-6-13-8-12/h11-13H,2-10H2,1H3/t11-,12+/m0/s1. The van der Waals surface area contributed by atoms with Crippen molar-refractivity contribution in [3.05, 3.63) is 0 Å². The van der Waals surface area contributed by atoms with Gasteiger partial charge in [0.05, 0.1) is 0 Å². The molecule has 0 aromatic rings. The molecule has 1 N–H and O–H groups in total. The Morgan fingerprint density at radius 3 is 2.93 bits per heavy atom. The fourth-order valence-corrected chi connectivity index (χ4v) is 2.90. The summed E-state index contributed by atoms with van der Waals surface area (Å²) in [6.07, 6.45) is 5.69. The fraction of sp³-hybridized carbons (Fsp3) is 1.00. The van der Waals surface area contributed by atoms with E-state index in [4.69, 9.17) is 0 Å². The third kappa shape index (κ3) is 2.96. The van der Waals surface area contributed by atoms with E-state index in [9.17, 15) is 0 Å². The smallest absolute Gasteiger partial charge is 0.00219 e. The summed E-state index contributed by atoms with van der Waals surface area (Å²) < 4.78 is 0. The van der Waals surface area contributed by atoms with Crippen LogP contribution in [0.4, 0.5) is 0 Å². The number of nitrogens with one attached hydrogen (secondary N) is 1. The van der Waals surface area contributed by atoms with Gasteiger partial charge in [0, 0.05) is 13.1 Å². The summed E-state index contributed by atoms with van der Waals surface area (Å²) in [5.41, 5.74) is 0. The monoisotopic (exact) mass is 196 g/mol. The molecule has 0 aromatic carbocycles. The number of nitrogens with zero attached hydrogens (tertiary/aromatic N) is 1. The number of piperidine rings is 2. The maximum atomic E-state index is 3.51. The van der Waals surface area contributed by atoms with Gasteiger partial charge >= 0.3 is 0 Å². The number of hydrogen-bond donors (Lipinski definition) is 1. The molecule has 0 unspecified atom stereocenters. The van der Waals surface area contributed by atoms with Gasteiger partial charge in [-0.3, -0.25) is 0 Å². The maximum absolute atomic E-state index is 3.51. The van der Waals surface area contributed by atoms with Crippen molar-refractivity contribution in [3.63, 3.8) is 0 Å². The molecule has 82 valence electrons. The topological polar surface area (TPSA) is 15.3 Å². The van der Waals surface area contributed by atoms with Crippen molar-refractivity contribution in [2.24, 2.45) is 11.8 Å². The summed E-state index contributed by atoms with van der Waals surface area (Å²) in [7, 11) is 0. The molecule has 14 heavy (non-hydrogen) atoms. The predicted octanol–water partition coefficient (Wildman–Crippen LogP) is 1.72. The molecule has 2 heteroatoms. The summed E-state index contributed by atoms with van der Waals surface area (Å²) in [4.78, 5) is 2.69. The lowest BCUT2D eigenvalue weighted by atomic mass is 9.95. The van der Waals surface area contributed by atoms with E-state index < -0.39 is 0 Å². The zero-order chi connectivity index (χ0) is 9.80. The Morgan fingerprint density at radius 1 is 1.29 bits per heavy atom. The number of hydrogen-bond acceptors (Lipinski definition) is 2. The highest BCUT2D eigenvalue weighted by Gasteiger charge is 2.20. The number of likely N-dealkylation sites (tertiary alicyclic amines) is 1. The Bertz CT molecular complexity index is 164. The van der Waals surface area contributed by atoms with Crippen molar-refractivity contribution in [2.75, 3.05) is 32.7 Å². The van der Waals surface area contributed by atoms with Crippen molar-refractivity contribution < 1.29 is 0 Å². The second kappa shape index (κ2) is 5.13. The van der Waals surface area contributed by atoms with Crippen LogP contribution >= 0.6 is 0 Å². The van der Waals surface area contributed by atoms with Gasteiger partial charge < -0.3 is 10.2 Å². The normalized spacial score (nSPS) is 35.8. The molecule has 2 rings (SSSR count). The predicted molar refractivity (Wildman–Crippen MR) is 60.4 cm³/mol. The summed E-state index contributed by atoms with van der Waals surface area (Å²) in [6.45, 7) is 8.93. The van der Waals surface area contributed by atoms with Crippen LogP contribution in [-0.2, 0) is 0 Å². The first-order valence-electron chi connectivity index (χ1n) is 6.27. The molecule has 0 radical (unpaired) electrons. The van der Waals surface area contributed by atoms with Gasteiger partial charge in [0.1, 0.15) is 0 Å². The lowest BCUT2D eigenvalue weighted by molar-refractivity contribution is 0.148. The molecule has 2 atom stereocenters. The molecular formula is C12H24N2. The molecule has 2 nitrogen and oxygen atoms in total. The van der Waals surface area contributed by atoms with Crippen molar-refractivity contribution >= 4 is 0 Å². The van der Waals surface area contributed by atoms with Crippen LogP contribution in [0, 0.1) is 11.8 Å². The maximum Gasteiger partial charge on any atom is 0.00219 e. The minimum atomic E-state index is 0.925. The van der Waals surface area contributed by atoms with Crippen molar-refractivity contribution in [3.8, 4) is 0 Å². The first kappa shape index (κ1) is 10.4. The molecule has 2 heterocycles. The first-order valence-corrected chi connectivity index (χ1v) is 6.27. The van der Waals surface area contributed by atoms with E-state index in [1.54, 1.807) is 0 Å². The third-order valence-electron chi connectivity index (χ3n) is 3.66. The van der Waals surface area contributed by atoms with Crippen LogP contribution in [0.5, 0.6) is 0 Å². The molecule has 0 spiro atoms. The second-order valence-corrected chi connectivity index (χ2v) is 5.22. The van der Waals surface area contributed by atoms with Crippen LogP contribution < -0.4 is 5.32 Å². The molecular weight excluding hydrogens is 172 g/mol. The van der Waals surface area contributed by atoms with Crippen LogP contribution in [0.1, 0.15) is 32.6 Å².